The largest absolute Gasteiger partial charge is 0.471 e. The molecule has 0 aliphatic carbocycles. The van der Waals surface area contributed by atoms with Crippen LogP contribution >= 0.6 is 0 Å². The first-order valence-corrected chi connectivity index (χ1v) is 9.37. The van der Waals surface area contributed by atoms with Gasteiger partial charge in [-0.2, -0.15) is 13.2 Å². The van der Waals surface area contributed by atoms with Crippen LogP contribution in [0.1, 0.15) is 26.0 Å². The summed E-state index contributed by atoms with van der Waals surface area (Å²) >= 11 is 0. The number of anilines is 1. The number of aromatic nitrogens is 1. The maximum atomic E-state index is 14.1. The number of sulfone groups is 1. The lowest BCUT2D eigenvalue weighted by Crippen LogP contribution is -2.30. The average Bonchev–Trinajstić information content (AvgIpc) is 3.10. The van der Waals surface area contributed by atoms with Crippen molar-refractivity contribution in [2.24, 2.45) is 5.16 Å². The van der Waals surface area contributed by atoms with Crippen molar-refractivity contribution in [1.82, 2.24) is 5.16 Å². The SMILES string of the molecule is CC1(C)CC(S(=O)(=O)Cc2noc3cc(NC(=O)C(F)(F)F)c(F)cc23)=NO1. The number of halogens is 4. The topological polar surface area (TPSA) is 111 Å². The van der Waals surface area contributed by atoms with Crippen LogP contribution in [-0.4, -0.2) is 36.3 Å². The van der Waals surface area contributed by atoms with E-state index in [2.05, 4.69) is 10.3 Å². The fourth-order valence-electron chi connectivity index (χ4n) is 2.43. The summed E-state index contributed by atoms with van der Waals surface area (Å²) in [4.78, 5) is 16.0. The number of carbonyl (C=O) groups is 1. The Morgan fingerprint density at radius 1 is 1.32 bits per heavy atom. The molecule has 2 aromatic rings. The van der Waals surface area contributed by atoms with Gasteiger partial charge in [0.2, 0.25) is 9.84 Å². The second-order valence-electron chi connectivity index (χ2n) is 6.68. The van der Waals surface area contributed by atoms with Gasteiger partial charge in [-0.3, -0.25) is 4.79 Å². The van der Waals surface area contributed by atoms with Crippen LogP contribution in [0.5, 0.6) is 0 Å². The molecule has 1 N–H and O–H groups in total. The van der Waals surface area contributed by atoms with Crippen molar-refractivity contribution in [1.29, 1.82) is 0 Å². The Balaban J connectivity index is 1.89. The molecule has 0 atom stereocenters. The Labute approximate surface area is 155 Å². The highest BCUT2D eigenvalue weighted by Gasteiger charge is 2.39. The third-order valence-electron chi connectivity index (χ3n) is 3.80. The maximum absolute atomic E-state index is 14.1. The fourth-order valence-corrected chi connectivity index (χ4v) is 3.89. The number of fused-ring (bicyclic) bond motifs is 1. The third-order valence-corrected chi connectivity index (χ3v) is 5.39. The highest BCUT2D eigenvalue weighted by atomic mass is 32.2. The van der Waals surface area contributed by atoms with Gasteiger partial charge in [0.15, 0.2) is 10.6 Å². The van der Waals surface area contributed by atoms with Gasteiger partial charge < -0.3 is 14.7 Å². The number of carbonyl (C=O) groups excluding carboxylic acids is 1. The summed E-state index contributed by atoms with van der Waals surface area (Å²) in [6.07, 6.45) is -5.17. The Morgan fingerprint density at radius 2 is 2.00 bits per heavy atom. The first-order chi connectivity index (χ1) is 12.8. The average molecular weight is 423 g/mol. The van der Waals surface area contributed by atoms with Crippen molar-refractivity contribution in [2.75, 3.05) is 5.32 Å². The number of nitrogens with zero attached hydrogens (tertiary/aromatic N) is 2. The molecule has 1 aromatic carbocycles. The van der Waals surface area contributed by atoms with E-state index in [1.54, 1.807) is 13.8 Å². The van der Waals surface area contributed by atoms with Gasteiger partial charge in [-0.1, -0.05) is 10.3 Å². The van der Waals surface area contributed by atoms with Crippen molar-refractivity contribution in [2.45, 2.75) is 37.8 Å². The molecule has 2 heterocycles. The molecular formula is C15H13F4N3O5S. The predicted molar refractivity (Wildman–Crippen MR) is 88.5 cm³/mol. The summed E-state index contributed by atoms with van der Waals surface area (Å²) < 4.78 is 80.9. The predicted octanol–water partition coefficient (Wildman–Crippen LogP) is 2.89. The van der Waals surface area contributed by atoms with E-state index >= 15 is 0 Å². The number of oxime groups is 1. The van der Waals surface area contributed by atoms with Gasteiger partial charge in [0.05, 0.1) is 5.69 Å². The maximum Gasteiger partial charge on any atom is 0.471 e. The molecule has 0 fully saturated rings. The zero-order chi connectivity index (χ0) is 20.9. The van der Waals surface area contributed by atoms with Gasteiger partial charge in [0.1, 0.15) is 22.9 Å². The van der Waals surface area contributed by atoms with Crippen LogP contribution in [0.4, 0.5) is 23.2 Å². The summed E-state index contributed by atoms with van der Waals surface area (Å²) in [5.74, 6) is -4.25. The van der Waals surface area contributed by atoms with Crippen molar-refractivity contribution in [3.8, 4) is 0 Å². The molecule has 152 valence electrons. The number of amides is 1. The molecule has 0 spiro atoms. The monoisotopic (exact) mass is 423 g/mol. The minimum Gasteiger partial charge on any atom is -0.389 e. The first kappa shape index (κ1) is 20.0. The Morgan fingerprint density at radius 3 is 2.57 bits per heavy atom. The first-order valence-electron chi connectivity index (χ1n) is 7.72. The van der Waals surface area contributed by atoms with Crippen molar-refractivity contribution < 1.29 is 40.1 Å². The molecule has 1 aromatic heterocycles. The van der Waals surface area contributed by atoms with E-state index in [9.17, 15) is 30.8 Å². The molecule has 28 heavy (non-hydrogen) atoms. The molecule has 0 unspecified atom stereocenters. The van der Waals surface area contributed by atoms with E-state index in [4.69, 9.17) is 9.36 Å². The highest BCUT2D eigenvalue weighted by molar-refractivity contribution is 8.05. The molecule has 1 aliphatic heterocycles. The highest BCUT2D eigenvalue weighted by Crippen LogP contribution is 2.30. The molecule has 0 radical (unpaired) electrons. The fraction of sp³-hybridized carbons (Fsp3) is 0.400. The number of nitrogens with one attached hydrogen (secondary N) is 1. The van der Waals surface area contributed by atoms with Gasteiger partial charge in [0, 0.05) is 17.9 Å². The zero-order valence-corrected chi connectivity index (χ0v) is 15.2. The zero-order valence-electron chi connectivity index (χ0n) is 14.4. The summed E-state index contributed by atoms with van der Waals surface area (Å²) in [5.41, 5.74) is -1.92. The van der Waals surface area contributed by atoms with E-state index in [1.165, 1.54) is 5.32 Å². The van der Waals surface area contributed by atoms with Gasteiger partial charge in [-0.25, -0.2) is 12.8 Å². The van der Waals surface area contributed by atoms with E-state index in [1.807, 2.05) is 0 Å². The Bertz CT molecular complexity index is 1090. The minimum absolute atomic E-state index is 0.0348. The smallest absolute Gasteiger partial charge is 0.389 e. The van der Waals surface area contributed by atoms with E-state index in [0.717, 1.165) is 12.1 Å². The lowest BCUT2D eigenvalue weighted by Gasteiger charge is -2.13. The molecular weight excluding hydrogens is 410 g/mol. The lowest BCUT2D eigenvalue weighted by atomic mass is 10.1. The number of alkyl halides is 3. The van der Waals surface area contributed by atoms with E-state index in [0.29, 0.717) is 0 Å². The molecule has 13 heteroatoms. The molecule has 0 bridgehead atoms. The van der Waals surface area contributed by atoms with Crippen molar-refractivity contribution in [3.05, 3.63) is 23.6 Å². The molecule has 0 saturated carbocycles. The van der Waals surface area contributed by atoms with Crippen molar-refractivity contribution >= 4 is 37.4 Å². The Kier molecular flexibility index (Phi) is 4.60. The van der Waals surface area contributed by atoms with E-state index in [-0.39, 0.29) is 28.1 Å². The number of hydrogen-bond donors (Lipinski definition) is 1. The summed E-state index contributed by atoms with van der Waals surface area (Å²) in [5, 5.41) is 8.20. The molecule has 0 saturated heterocycles. The van der Waals surface area contributed by atoms with Gasteiger partial charge in [-0.15, -0.1) is 0 Å². The number of rotatable bonds is 3. The van der Waals surface area contributed by atoms with Crippen LogP contribution in [0.3, 0.4) is 0 Å². The summed E-state index contributed by atoms with van der Waals surface area (Å²) in [6.45, 7) is 3.30. The third kappa shape index (κ3) is 3.93. The minimum atomic E-state index is -5.21. The van der Waals surface area contributed by atoms with Crippen LogP contribution in [0.15, 0.2) is 21.8 Å². The quantitative estimate of drug-likeness (QED) is 0.760. The number of benzene rings is 1. The molecule has 1 amide bonds. The summed E-state index contributed by atoms with van der Waals surface area (Å²) in [7, 11) is -3.95. The molecule has 3 rings (SSSR count). The summed E-state index contributed by atoms with van der Waals surface area (Å²) in [6, 6.07) is 1.52. The number of hydrogen-bond acceptors (Lipinski definition) is 7. The second kappa shape index (κ2) is 6.43. The normalized spacial score (nSPS) is 16.7. The Hall–Kier alpha value is -2.70. The molecule has 8 nitrogen and oxygen atoms in total. The van der Waals surface area contributed by atoms with E-state index < -0.39 is 44.8 Å². The van der Waals surface area contributed by atoms with Crippen LogP contribution in [0.25, 0.3) is 11.0 Å². The van der Waals surface area contributed by atoms with Crippen LogP contribution in [0, 0.1) is 5.82 Å². The van der Waals surface area contributed by atoms with Crippen molar-refractivity contribution in [3.63, 3.8) is 0 Å². The van der Waals surface area contributed by atoms with Gasteiger partial charge in [-0.05, 0) is 19.9 Å². The van der Waals surface area contributed by atoms with Crippen LogP contribution in [0.2, 0.25) is 0 Å². The van der Waals surface area contributed by atoms with Crippen LogP contribution < -0.4 is 5.32 Å². The van der Waals surface area contributed by atoms with Gasteiger partial charge >= 0.3 is 12.1 Å². The lowest BCUT2D eigenvalue weighted by molar-refractivity contribution is -0.167. The molecule has 1 aliphatic rings. The standard InChI is InChI=1S/C15H13F4N3O5S/c1-14(2)5-12(22-27-14)28(24,25)6-10-7-3-8(16)9(4-11(7)26-21-10)20-13(23)15(17,18)19/h3-4H,5-6H2,1-2H3,(H,20,23). The van der Waals surface area contributed by atoms with Gasteiger partial charge in [0.25, 0.3) is 0 Å². The van der Waals surface area contributed by atoms with Crippen LogP contribution in [-0.2, 0) is 25.2 Å². The second-order valence-corrected chi connectivity index (χ2v) is 8.67.